The molecule has 0 amide bonds. The lowest BCUT2D eigenvalue weighted by Crippen LogP contribution is -2.59. The minimum Gasteiger partial charge on any atom is -0.377 e. The SMILES string of the molecule is CC1(C)CC(OCCOCCOCCOC2CC(C)(C)NC(C)(C)C2)CC(C)(C)N1. The Hall–Kier alpha value is -0.240. The van der Waals surface area contributed by atoms with Gasteiger partial charge in [0.1, 0.15) is 0 Å². The van der Waals surface area contributed by atoms with E-state index in [-0.39, 0.29) is 34.4 Å². The maximum atomic E-state index is 6.07. The molecule has 0 unspecified atom stereocenters. The molecule has 2 aliphatic rings. The van der Waals surface area contributed by atoms with Crippen LogP contribution in [0.3, 0.4) is 0 Å². The van der Waals surface area contributed by atoms with Crippen molar-refractivity contribution in [2.45, 2.75) is 115 Å². The Morgan fingerprint density at radius 2 is 0.767 bits per heavy atom. The van der Waals surface area contributed by atoms with Crippen LogP contribution in [0.2, 0.25) is 0 Å². The van der Waals surface area contributed by atoms with E-state index in [0.717, 1.165) is 25.7 Å². The summed E-state index contributed by atoms with van der Waals surface area (Å²) in [6.07, 6.45) is 4.71. The van der Waals surface area contributed by atoms with Gasteiger partial charge in [0, 0.05) is 22.2 Å². The molecule has 2 fully saturated rings. The molecule has 6 heteroatoms. The predicted octanol–water partition coefficient (Wildman–Crippen LogP) is 3.67. The lowest BCUT2D eigenvalue weighted by Gasteiger charge is -2.46. The Morgan fingerprint density at radius 1 is 0.500 bits per heavy atom. The molecule has 0 spiro atoms. The fourth-order valence-electron chi connectivity index (χ4n) is 5.56. The summed E-state index contributed by atoms with van der Waals surface area (Å²) in [5.74, 6) is 0. The third kappa shape index (κ3) is 9.92. The van der Waals surface area contributed by atoms with E-state index in [1.165, 1.54) is 0 Å². The molecule has 0 bridgehead atoms. The van der Waals surface area contributed by atoms with Gasteiger partial charge in [-0.25, -0.2) is 0 Å². The Morgan fingerprint density at radius 3 is 1.07 bits per heavy atom. The first kappa shape index (κ1) is 26.0. The van der Waals surface area contributed by atoms with Gasteiger partial charge in [-0.15, -0.1) is 0 Å². The lowest BCUT2D eigenvalue weighted by atomic mass is 9.81. The highest BCUT2D eigenvalue weighted by Crippen LogP contribution is 2.31. The second-order valence-electron chi connectivity index (χ2n) is 11.8. The zero-order chi connectivity index (χ0) is 22.5. The first-order valence-corrected chi connectivity index (χ1v) is 11.8. The average Bonchev–Trinajstić information content (AvgIpc) is 2.50. The smallest absolute Gasteiger partial charge is 0.0704 e. The maximum absolute atomic E-state index is 6.07. The molecule has 0 radical (unpaired) electrons. The van der Waals surface area contributed by atoms with Crippen LogP contribution in [0.15, 0.2) is 0 Å². The van der Waals surface area contributed by atoms with Gasteiger partial charge in [-0.1, -0.05) is 0 Å². The van der Waals surface area contributed by atoms with Crippen molar-refractivity contribution in [3.63, 3.8) is 0 Å². The van der Waals surface area contributed by atoms with Crippen LogP contribution in [0.25, 0.3) is 0 Å². The molecule has 0 atom stereocenters. The Bertz CT molecular complexity index is 441. The molecule has 178 valence electrons. The summed E-state index contributed by atoms with van der Waals surface area (Å²) in [4.78, 5) is 0. The van der Waals surface area contributed by atoms with Gasteiger partial charge in [0.05, 0.1) is 51.8 Å². The number of nitrogens with one attached hydrogen (secondary N) is 2. The Balaban J connectivity index is 1.46. The molecule has 2 rings (SSSR count). The third-order valence-electron chi connectivity index (χ3n) is 5.84. The van der Waals surface area contributed by atoms with Gasteiger partial charge in [0.25, 0.3) is 0 Å². The van der Waals surface area contributed by atoms with E-state index in [1.54, 1.807) is 0 Å². The monoisotopic (exact) mass is 428 g/mol. The van der Waals surface area contributed by atoms with Crippen LogP contribution in [0, 0.1) is 0 Å². The fourth-order valence-corrected chi connectivity index (χ4v) is 5.56. The van der Waals surface area contributed by atoms with Crippen LogP contribution in [-0.2, 0) is 18.9 Å². The van der Waals surface area contributed by atoms with Crippen molar-refractivity contribution in [3.05, 3.63) is 0 Å². The van der Waals surface area contributed by atoms with E-state index >= 15 is 0 Å². The number of ether oxygens (including phenoxy) is 4. The third-order valence-corrected chi connectivity index (χ3v) is 5.84. The molecule has 2 aliphatic heterocycles. The standard InChI is InChI=1S/C24H48N2O4/c1-21(2)15-19(16-22(3,4)25-21)29-13-11-27-9-10-28-12-14-30-20-17-23(5,6)26-24(7,8)18-20/h19-20,25-26H,9-18H2,1-8H3. The molecule has 2 heterocycles. The normalized spacial score (nSPS) is 26.0. The van der Waals surface area contributed by atoms with Gasteiger partial charge in [0.15, 0.2) is 0 Å². The first-order chi connectivity index (χ1) is 13.8. The number of piperidine rings is 2. The van der Waals surface area contributed by atoms with Crippen molar-refractivity contribution < 1.29 is 18.9 Å². The Kier molecular flexibility index (Phi) is 9.18. The summed E-state index contributed by atoms with van der Waals surface area (Å²) in [7, 11) is 0. The zero-order valence-electron chi connectivity index (χ0n) is 20.9. The van der Waals surface area contributed by atoms with Gasteiger partial charge in [-0.3, -0.25) is 0 Å². The summed E-state index contributed by atoms with van der Waals surface area (Å²) in [6, 6.07) is 0. The number of hydrogen-bond acceptors (Lipinski definition) is 6. The minimum absolute atomic E-state index is 0.114. The van der Waals surface area contributed by atoms with Gasteiger partial charge in [0.2, 0.25) is 0 Å². The Labute approximate surface area is 185 Å². The van der Waals surface area contributed by atoms with E-state index in [0.29, 0.717) is 39.6 Å². The summed E-state index contributed by atoms with van der Waals surface area (Å²) < 4.78 is 23.5. The highest BCUT2D eigenvalue weighted by molar-refractivity contribution is 4.98. The van der Waals surface area contributed by atoms with E-state index in [4.69, 9.17) is 18.9 Å². The quantitative estimate of drug-likeness (QED) is 0.490. The topological polar surface area (TPSA) is 61.0 Å². The molecule has 0 aliphatic carbocycles. The van der Waals surface area contributed by atoms with Gasteiger partial charge in [-0.2, -0.15) is 0 Å². The lowest BCUT2D eigenvalue weighted by molar-refractivity contribution is -0.0599. The molecule has 0 aromatic heterocycles. The molecular weight excluding hydrogens is 380 g/mol. The fraction of sp³-hybridized carbons (Fsp3) is 1.00. The van der Waals surface area contributed by atoms with Gasteiger partial charge < -0.3 is 29.6 Å². The van der Waals surface area contributed by atoms with Crippen molar-refractivity contribution in [1.29, 1.82) is 0 Å². The molecular formula is C24H48N2O4. The van der Waals surface area contributed by atoms with Crippen LogP contribution in [0.4, 0.5) is 0 Å². The molecule has 0 saturated carbocycles. The largest absolute Gasteiger partial charge is 0.377 e. The number of rotatable bonds is 11. The molecule has 6 nitrogen and oxygen atoms in total. The first-order valence-electron chi connectivity index (χ1n) is 11.8. The average molecular weight is 429 g/mol. The molecule has 0 aromatic rings. The minimum atomic E-state index is 0.114. The summed E-state index contributed by atoms with van der Waals surface area (Å²) >= 11 is 0. The van der Waals surface area contributed by atoms with Crippen LogP contribution < -0.4 is 10.6 Å². The van der Waals surface area contributed by atoms with E-state index < -0.39 is 0 Å². The summed E-state index contributed by atoms with van der Waals surface area (Å²) in [5.41, 5.74) is 0.456. The number of hydrogen-bond donors (Lipinski definition) is 2. The van der Waals surface area contributed by atoms with E-state index in [2.05, 4.69) is 66.0 Å². The predicted molar refractivity (Wildman–Crippen MR) is 122 cm³/mol. The summed E-state index contributed by atoms with van der Waals surface area (Å²) in [5, 5.41) is 7.37. The second kappa shape index (κ2) is 10.6. The highest BCUT2D eigenvalue weighted by atomic mass is 16.6. The van der Waals surface area contributed by atoms with Crippen LogP contribution in [0.1, 0.15) is 81.1 Å². The molecule has 2 N–H and O–H groups in total. The molecule has 30 heavy (non-hydrogen) atoms. The highest BCUT2D eigenvalue weighted by Gasteiger charge is 2.39. The van der Waals surface area contributed by atoms with Crippen molar-refractivity contribution in [1.82, 2.24) is 10.6 Å². The van der Waals surface area contributed by atoms with Crippen molar-refractivity contribution >= 4 is 0 Å². The molecule has 0 aromatic carbocycles. The molecule has 2 saturated heterocycles. The van der Waals surface area contributed by atoms with E-state index in [9.17, 15) is 0 Å². The second-order valence-corrected chi connectivity index (χ2v) is 11.8. The zero-order valence-corrected chi connectivity index (χ0v) is 20.9. The van der Waals surface area contributed by atoms with Crippen molar-refractivity contribution in [3.8, 4) is 0 Å². The summed E-state index contributed by atoms with van der Waals surface area (Å²) in [6.45, 7) is 21.7. The van der Waals surface area contributed by atoms with Crippen LogP contribution in [-0.4, -0.2) is 74.0 Å². The van der Waals surface area contributed by atoms with Crippen molar-refractivity contribution in [2.75, 3.05) is 39.6 Å². The van der Waals surface area contributed by atoms with Gasteiger partial charge in [-0.05, 0) is 81.1 Å². The van der Waals surface area contributed by atoms with Crippen LogP contribution in [0.5, 0.6) is 0 Å². The van der Waals surface area contributed by atoms with E-state index in [1.807, 2.05) is 0 Å². The van der Waals surface area contributed by atoms with Crippen molar-refractivity contribution in [2.24, 2.45) is 0 Å². The van der Waals surface area contributed by atoms with Crippen LogP contribution >= 0.6 is 0 Å². The maximum Gasteiger partial charge on any atom is 0.0704 e. The van der Waals surface area contributed by atoms with Gasteiger partial charge >= 0.3 is 0 Å².